The fourth-order valence-corrected chi connectivity index (χ4v) is 2.17. The van der Waals surface area contributed by atoms with E-state index in [2.05, 4.69) is 19.4 Å². The van der Waals surface area contributed by atoms with Gasteiger partial charge in [0.25, 0.3) is 0 Å². The minimum atomic E-state index is -3.64. The number of nitrogens with zero attached hydrogens (tertiary/aromatic N) is 3. The van der Waals surface area contributed by atoms with Crippen molar-refractivity contribution < 1.29 is 12.9 Å². The highest BCUT2D eigenvalue weighted by Crippen LogP contribution is 2.03. The molecule has 0 saturated carbocycles. The fraction of sp³-hybridized carbons (Fsp3) is 0.625. The first kappa shape index (κ1) is 12.6. The zero-order valence-electron chi connectivity index (χ0n) is 8.97. The molecule has 1 unspecified atom stereocenters. The van der Waals surface area contributed by atoms with E-state index >= 15 is 0 Å². The summed E-state index contributed by atoms with van der Waals surface area (Å²) in [6.45, 7) is 3.17. The molecule has 0 aliphatic rings. The third-order valence-corrected chi connectivity index (χ3v) is 3.63. The molecule has 1 atom stereocenters. The quantitative estimate of drug-likeness (QED) is 0.786. The lowest BCUT2D eigenvalue weighted by atomic mass is 10.4. The molecule has 7 nitrogen and oxygen atoms in total. The van der Waals surface area contributed by atoms with Gasteiger partial charge in [0.05, 0.1) is 12.6 Å². The number of aromatic nitrogens is 2. The Morgan fingerprint density at radius 2 is 2.31 bits per heavy atom. The Labute approximate surface area is 93.5 Å². The van der Waals surface area contributed by atoms with Crippen LogP contribution in [-0.2, 0) is 16.6 Å². The van der Waals surface area contributed by atoms with E-state index in [9.17, 15) is 8.42 Å². The average Bonchev–Trinajstić information content (AvgIpc) is 2.63. The van der Waals surface area contributed by atoms with E-state index in [4.69, 9.17) is 5.26 Å². The number of nitrogens with one attached hydrogen (secondary N) is 1. The first-order chi connectivity index (χ1) is 7.49. The van der Waals surface area contributed by atoms with Gasteiger partial charge in [-0.15, -0.1) is 0 Å². The molecule has 1 rings (SSSR count). The van der Waals surface area contributed by atoms with Gasteiger partial charge in [-0.3, -0.25) is 0 Å². The minimum absolute atomic E-state index is 0.0716. The number of hydrogen-bond acceptors (Lipinski definition) is 6. The Morgan fingerprint density at radius 3 is 2.75 bits per heavy atom. The summed E-state index contributed by atoms with van der Waals surface area (Å²) in [6.07, 6.45) is 0.233. The molecular formula is C8H12N4O3S. The normalized spacial score (nSPS) is 13.3. The molecule has 0 saturated heterocycles. The zero-order valence-corrected chi connectivity index (χ0v) is 9.78. The van der Waals surface area contributed by atoms with Crippen LogP contribution in [0.3, 0.4) is 0 Å². The third-order valence-electron chi connectivity index (χ3n) is 1.89. The lowest BCUT2D eigenvalue weighted by molar-refractivity contribution is 0.387. The number of nitriles is 1. The number of sulfonamides is 1. The Morgan fingerprint density at radius 1 is 1.62 bits per heavy atom. The SMILES string of the molecule is CCC(C#N)S(=O)(=O)NCc1noc(C)n1. The molecular weight excluding hydrogens is 232 g/mol. The zero-order chi connectivity index (χ0) is 12.2. The molecule has 0 radical (unpaired) electrons. The van der Waals surface area contributed by atoms with Crippen LogP contribution in [0.15, 0.2) is 4.52 Å². The number of rotatable bonds is 5. The van der Waals surface area contributed by atoms with Crippen LogP contribution in [-0.4, -0.2) is 23.8 Å². The maximum absolute atomic E-state index is 11.6. The van der Waals surface area contributed by atoms with E-state index in [0.29, 0.717) is 5.89 Å². The van der Waals surface area contributed by atoms with Crippen LogP contribution >= 0.6 is 0 Å². The summed E-state index contributed by atoms with van der Waals surface area (Å²) in [5.41, 5.74) is 0. The van der Waals surface area contributed by atoms with Gasteiger partial charge in [-0.05, 0) is 6.42 Å². The third kappa shape index (κ3) is 3.01. The molecule has 0 fully saturated rings. The van der Waals surface area contributed by atoms with Gasteiger partial charge in [0.15, 0.2) is 11.1 Å². The van der Waals surface area contributed by atoms with Crippen LogP contribution in [0.4, 0.5) is 0 Å². The van der Waals surface area contributed by atoms with Crippen molar-refractivity contribution in [2.75, 3.05) is 0 Å². The maximum Gasteiger partial charge on any atom is 0.228 e. The van der Waals surface area contributed by atoms with Crippen molar-refractivity contribution in [2.45, 2.75) is 32.1 Å². The molecule has 0 aliphatic carbocycles. The Balaban J connectivity index is 2.65. The van der Waals surface area contributed by atoms with E-state index in [1.54, 1.807) is 19.9 Å². The van der Waals surface area contributed by atoms with Crippen LogP contribution in [0.25, 0.3) is 0 Å². The maximum atomic E-state index is 11.6. The number of hydrogen-bond donors (Lipinski definition) is 1. The van der Waals surface area contributed by atoms with E-state index in [0.717, 1.165) is 0 Å². The van der Waals surface area contributed by atoms with Crippen molar-refractivity contribution in [3.05, 3.63) is 11.7 Å². The highest BCUT2D eigenvalue weighted by atomic mass is 32.2. The minimum Gasteiger partial charge on any atom is -0.340 e. The molecule has 16 heavy (non-hydrogen) atoms. The summed E-state index contributed by atoms with van der Waals surface area (Å²) in [5, 5.41) is 11.1. The Bertz CT molecular complexity index is 488. The van der Waals surface area contributed by atoms with E-state index < -0.39 is 15.3 Å². The van der Waals surface area contributed by atoms with Crippen molar-refractivity contribution in [2.24, 2.45) is 0 Å². The van der Waals surface area contributed by atoms with Gasteiger partial charge in [-0.25, -0.2) is 13.1 Å². The van der Waals surface area contributed by atoms with Gasteiger partial charge in [-0.2, -0.15) is 10.2 Å². The average molecular weight is 244 g/mol. The molecule has 1 aromatic heterocycles. The Hall–Kier alpha value is -1.46. The molecule has 0 amide bonds. The van der Waals surface area contributed by atoms with Crippen molar-refractivity contribution in [1.29, 1.82) is 5.26 Å². The standard InChI is InChI=1S/C8H12N4O3S/c1-3-7(4-9)16(13,14)10-5-8-11-6(2)15-12-8/h7,10H,3,5H2,1-2H3. The van der Waals surface area contributed by atoms with Gasteiger partial charge in [0.1, 0.15) is 0 Å². The largest absolute Gasteiger partial charge is 0.340 e. The predicted octanol–water partition coefficient (Wildman–Crippen LogP) is 0.0996. The molecule has 0 bridgehead atoms. The van der Waals surface area contributed by atoms with Crippen molar-refractivity contribution in [3.8, 4) is 6.07 Å². The monoisotopic (exact) mass is 244 g/mol. The summed E-state index contributed by atoms with van der Waals surface area (Å²) in [5.74, 6) is 0.607. The fourth-order valence-electron chi connectivity index (χ4n) is 1.06. The second-order valence-corrected chi connectivity index (χ2v) is 5.07. The lowest BCUT2D eigenvalue weighted by Gasteiger charge is -2.07. The molecule has 8 heteroatoms. The Kier molecular flexibility index (Phi) is 3.98. The first-order valence-electron chi connectivity index (χ1n) is 4.67. The van der Waals surface area contributed by atoms with E-state index in [-0.39, 0.29) is 18.8 Å². The van der Waals surface area contributed by atoms with Crippen LogP contribution in [0, 0.1) is 18.3 Å². The topological polar surface area (TPSA) is 109 Å². The summed E-state index contributed by atoms with van der Waals surface area (Å²) >= 11 is 0. The van der Waals surface area contributed by atoms with Gasteiger partial charge in [-0.1, -0.05) is 12.1 Å². The van der Waals surface area contributed by atoms with Crippen molar-refractivity contribution in [3.63, 3.8) is 0 Å². The van der Waals surface area contributed by atoms with Gasteiger partial charge >= 0.3 is 0 Å². The summed E-state index contributed by atoms with van der Waals surface area (Å²) in [7, 11) is -3.64. The first-order valence-corrected chi connectivity index (χ1v) is 6.21. The van der Waals surface area contributed by atoms with Crippen LogP contribution in [0.5, 0.6) is 0 Å². The molecule has 1 N–H and O–H groups in total. The summed E-state index contributed by atoms with van der Waals surface area (Å²) < 4.78 is 30.0. The number of aryl methyl sites for hydroxylation is 1. The highest BCUT2D eigenvalue weighted by Gasteiger charge is 2.23. The van der Waals surface area contributed by atoms with E-state index in [1.807, 2.05) is 0 Å². The predicted molar refractivity (Wildman–Crippen MR) is 54.5 cm³/mol. The lowest BCUT2D eigenvalue weighted by Crippen LogP contribution is -2.33. The van der Waals surface area contributed by atoms with Gasteiger partial charge in [0, 0.05) is 6.92 Å². The van der Waals surface area contributed by atoms with Crippen LogP contribution in [0.1, 0.15) is 25.1 Å². The second kappa shape index (κ2) is 5.05. The summed E-state index contributed by atoms with van der Waals surface area (Å²) in [6, 6.07) is 1.72. The highest BCUT2D eigenvalue weighted by molar-refractivity contribution is 7.90. The molecule has 0 spiro atoms. The molecule has 1 heterocycles. The van der Waals surface area contributed by atoms with Crippen LogP contribution in [0.2, 0.25) is 0 Å². The van der Waals surface area contributed by atoms with Crippen LogP contribution < -0.4 is 4.72 Å². The second-order valence-electron chi connectivity index (χ2n) is 3.12. The molecule has 0 aliphatic heterocycles. The van der Waals surface area contributed by atoms with Gasteiger partial charge < -0.3 is 4.52 Å². The van der Waals surface area contributed by atoms with Crippen molar-refractivity contribution in [1.82, 2.24) is 14.9 Å². The molecule has 88 valence electrons. The van der Waals surface area contributed by atoms with Gasteiger partial charge in [0.2, 0.25) is 15.9 Å². The molecule has 1 aromatic rings. The smallest absolute Gasteiger partial charge is 0.228 e. The summed E-state index contributed by atoms with van der Waals surface area (Å²) in [4.78, 5) is 3.84. The van der Waals surface area contributed by atoms with Crippen molar-refractivity contribution >= 4 is 10.0 Å². The van der Waals surface area contributed by atoms with E-state index in [1.165, 1.54) is 0 Å². The molecule has 0 aromatic carbocycles.